The summed E-state index contributed by atoms with van der Waals surface area (Å²) in [5.41, 5.74) is 0.561. The number of rotatable bonds is 6. The molecule has 1 aromatic rings. The highest BCUT2D eigenvalue weighted by atomic mass is 79.9. The fourth-order valence-electron chi connectivity index (χ4n) is 1.22. The van der Waals surface area contributed by atoms with Crippen LogP contribution in [-0.2, 0) is 4.74 Å². The maximum Gasteiger partial charge on any atom is 0.411 e. The second kappa shape index (κ2) is 6.94. The molecule has 18 heavy (non-hydrogen) atoms. The van der Waals surface area contributed by atoms with E-state index in [0.717, 1.165) is 0 Å². The first-order chi connectivity index (χ1) is 8.38. The lowest BCUT2D eigenvalue weighted by Crippen LogP contribution is -2.18. The summed E-state index contributed by atoms with van der Waals surface area (Å²) in [5, 5.41) is 2.90. The smallest absolute Gasteiger partial charge is 0.384 e. The van der Waals surface area contributed by atoms with Gasteiger partial charge in [0.05, 0.1) is 5.69 Å². The summed E-state index contributed by atoms with van der Waals surface area (Å²) in [6.07, 6.45) is -3.89. The predicted octanol–water partition coefficient (Wildman–Crippen LogP) is 3.97. The van der Waals surface area contributed by atoms with Crippen LogP contribution in [0.5, 0.6) is 0 Å². The van der Waals surface area contributed by atoms with E-state index in [1.165, 1.54) is 12.1 Å². The molecule has 0 aliphatic rings. The normalized spacial score (nSPS) is 11.6. The fraction of sp³-hybridized carbons (Fsp3) is 0.455. The van der Waals surface area contributed by atoms with E-state index in [2.05, 4.69) is 26.0 Å². The molecule has 0 atom stereocenters. The summed E-state index contributed by atoms with van der Waals surface area (Å²) in [6, 6.07) is 4.17. The molecule has 0 aliphatic carbocycles. The molecule has 0 aliphatic heterocycles. The van der Waals surface area contributed by atoms with Crippen molar-refractivity contribution in [2.75, 3.05) is 25.1 Å². The van der Waals surface area contributed by atoms with Crippen molar-refractivity contribution in [1.82, 2.24) is 0 Å². The molecule has 1 rings (SSSR count). The van der Waals surface area contributed by atoms with E-state index in [-0.39, 0.29) is 12.4 Å². The van der Waals surface area contributed by atoms with Crippen molar-refractivity contribution < 1.29 is 22.3 Å². The van der Waals surface area contributed by atoms with Gasteiger partial charge in [0, 0.05) is 17.6 Å². The lowest BCUT2D eigenvalue weighted by atomic mass is 10.3. The van der Waals surface area contributed by atoms with Gasteiger partial charge in [0.25, 0.3) is 0 Å². The van der Waals surface area contributed by atoms with Gasteiger partial charge < -0.3 is 10.1 Å². The van der Waals surface area contributed by atoms with Crippen LogP contribution in [0.4, 0.5) is 23.2 Å². The van der Waals surface area contributed by atoms with Gasteiger partial charge in [-0.3, -0.25) is 0 Å². The highest BCUT2D eigenvalue weighted by molar-refractivity contribution is 9.10. The molecule has 0 heterocycles. The largest absolute Gasteiger partial charge is 0.411 e. The van der Waals surface area contributed by atoms with Crippen LogP contribution in [0.1, 0.15) is 6.42 Å². The minimum absolute atomic E-state index is 0.000551. The Hall–Kier alpha value is -0.820. The third kappa shape index (κ3) is 6.20. The van der Waals surface area contributed by atoms with Gasteiger partial charge in [-0.25, -0.2) is 4.39 Å². The topological polar surface area (TPSA) is 21.3 Å². The molecule has 0 aromatic heterocycles. The average molecular weight is 330 g/mol. The third-order valence-corrected chi connectivity index (χ3v) is 2.67. The average Bonchev–Trinajstić information content (AvgIpc) is 2.26. The zero-order chi connectivity index (χ0) is 13.6. The number of benzene rings is 1. The van der Waals surface area contributed by atoms with Crippen LogP contribution >= 0.6 is 15.9 Å². The molecule has 1 aromatic carbocycles. The Morgan fingerprint density at radius 1 is 1.28 bits per heavy atom. The molecule has 0 fully saturated rings. The monoisotopic (exact) mass is 329 g/mol. The second-order valence-electron chi connectivity index (χ2n) is 3.57. The van der Waals surface area contributed by atoms with Crippen LogP contribution < -0.4 is 5.32 Å². The lowest BCUT2D eigenvalue weighted by molar-refractivity contribution is -0.173. The van der Waals surface area contributed by atoms with Gasteiger partial charge in [-0.15, -0.1) is 0 Å². The molecule has 0 amide bonds. The highest BCUT2D eigenvalue weighted by Crippen LogP contribution is 2.22. The lowest BCUT2D eigenvalue weighted by Gasteiger charge is -2.10. The van der Waals surface area contributed by atoms with Gasteiger partial charge in [-0.1, -0.05) is 0 Å². The third-order valence-electron chi connectivity index (χ3n) is 1.98. The maximum atomic E-state index is 12.9. The van der Waals surface area contributed by atoms with Crippen LogP contribution in [0, 0.1) is 5.82 Å². The summed E-state index contributed by atoms with van der Waals surface area (Å²) in [4.78, 5) is 0. The number of hydrogen-bond acceptors (Lipinski definition) is 2. The molecule has 0 spiro atoms. The van der Waals surface area contributed by atoms with Crippen LogP contribution in [-0.4, -0.2) is 25.9 Å². The van der Waals surface area contributed by atoms with E-state index in [4.69, 9.17) is 0 Å². The van der Waals surface area contributed by atoms with Gasteiger partial charge in [-0.2, -0.15) is 13.2 Å². The van der Waals surface area contributed by atoms with E-state index in [1.54, 1.807) is 6.07 Å². The van der Waals surface area contributed by atoms with Crippen molar-refractivity contribution >= 4 is 21.6 Å². The molecule has 7 heteroatoms. The number of nitrogens with one attached hydrogen (secondary N) is 1. The molecular formula is C11H12BrF4NO. The van der Waals surface area contributed by atoms with Gasteiger partial charge >= 0.3 is 6.18 Å². The SMILES string of the molecule is Fc1ccc(Br)c(NCCCOCC(F)(F)F)c1. The Balaban J connectivity index is 2.20. The van der Waals surface area contributed by atoms with Crippen LogP contribution in [0.15, 0.2) is 22.7 Å². The highest BCUT2D eigenvalue weighted by Gasteiger charge is 2.27. The number of alkyl halides is 3. The summed E-state index contributed by atoms with van der Waals surface area (Å²) in [5.74, 6) is -0.381. The Labute approximate surface area is 110 Å². The molecule has 0 unspecified atom stereocenters. The van der Waals surface area contributed by atoms with E-state index >= 15 is 0 Å². The minimum atomic E-state index is -4.29. The summed E-state index contributed by atoms with van der Waals surface area (Å²) in [7, 11) is 0. The van der Waals surface area contributed by atoms with E-state index < -0.39 is 12.8 Å². The zero-order valence-electron chi connectivity index (χ0n) is 9.36. The fourth-order valence-corrected chi connectivity index (χ4v) is 1.60. The Kier molecular flexibility index (Phi) is 5.87. The van der Waals surface area contributed by atoms with Gasteiger partial charge in [0.15, 0.2) is 0 Å². The van der Waals surface area contributed by atoms with E-state index in [0.29, 0.717) is 23.1 Å². The summed E-state index contributed by atoms with van der Waals surface area (Å²) >= 11 is 3.23. The number of hydrogen-bond donors (Lipinski definition) is 1. The minimum Gasteiger partial charge on any atom is -0.384 e. The Morgan fingerprint density at radius 3 is 2.67 bits per heavy atom. The van der Waals surface area contributed by atoms with Crippen molar-refractivity contribution in [3.63, 3.8) is 0 Å². The summed E-state index contributed by atoms with van der Waals surface area (Å²) in [6.45, 7) is -0.837. The second-order valence-corrected chi connectivity index (χ2v) is 4.43. The first kappa shape index (κ1) is 15.2. The van der Waals surface area contributed by atoms with Gasteiger partial charge in [-0.05, 0) is 40.5 Å². The number of halogens is 5. The first-order valence-electron chi connectivity index (χ1n) is 5.22. The Morgan fingerprint density at radius 2 is 2.00 bits per heavy atom. The molecular weight excluding hydrogens is 318 g/mol. The van der Waals surface area contributed by atoms with E-state index in [1.807, 2.05) is 0 Å². The number of ether oxygens (including phenoxy) is 1. The van der Waals surface area contributed by atoms with Gasteiger partial charge in [0.2, 0.25) is 0 Å². The van der Waals surface area contributed by atoms with Gasteiger partial charge in [0.1, 0.15) is 12.4 Å². The summed E-state index contributed by atoms with van der Waals surface area (Å²) < 4.78 is 53.2. The molecule has 0 saturated heterocycles. The van der Waals surface area contributed by atoms with E-state index in [9.17, 15) is 17.6 Å². The van der Waals surface area contributed by atoms with Crippen LogP contribution in [0.25, 0.3) is 0 Å². The maximum absolute atomic E-state index is 12.9. The molecule has 102 valence electrons. The van der Waals surface area contributed by atoms with Crippen molar-refractivity contribution in [2.24, 2.45) is 0 Å². The predicted molar refractivity (Wildman–Crippen MR) is 64.1 cm³/mol. The van der Waals surface area contributed by atoms with Crippen molar-refractivity contribution in [3.8, 4) is 0 Å². The number of anilines is 1. The molecule has 2 nitrogen and oxygen atoms in total. The van der Waals surface area contributed by atoms with Crippen LogP contribution in [0.2, 0.25) is 0 Å². The molecule has 0 bridgehead atoms. The standard InChI is InChI=1S/C11H12BrF4NO/c12-9-3-2-8(13)6-10(9)17-4-1-5-18-7-11(14,15)16/h2-3,6,17H,1,4-5,7H2. The molecule has 0 saturated carbocycles. The molecule has 0 radical (unpaired) electrons. The zero-order valence-corrected chi connectivity index (χ0v) is 10.9. The van der Waals surface area contributed by atoms with Crippen molar-refractivity contribution in [2.45, 2.75) is 12.6 Å². The van der Waals surface area contributed by atoms with Crippen LogP contribution in [0.3, 0.4) is 0 Å². The van der Waals surface area contributed by atoms with Crippen molar-refractivity contribution in [3.05, 3.63) is 28.5 Å². The quantitative estimate of drug-likeness (QED) is 0.630. The van der Waals surface area contributed by atoms with Crippen molar-refractivity contribution in [1.29, 1.82) is 0 Å². The Bertz CT molecular complexity index is 384. The molecule has 1 N–H and O–H groups in total. The first-order valence-corrected chi connectivity index (χ1v) is 6.01.